The number of morpholine rings is 1. The highest BCUT2D eigenvalue weighted by Gasteiger charge is 2.43. The van der Waals surface area contributed by atoms with Crippen molar-refractivity contribution in [2.24, 2.45) is 0 Å². The molecular formula is C20H24Cl2N4O3. The first-order valence-corrected chi connectivity index (χ1v) is 10.5. The van der Waals surface area contributed by atoms with Crippen LogP contribution in [0.4, 0.5) is 4.79 Å². The summed E-state index contributed by atoms with van der Waals surface area (Å²) in [4.78, 5) is 31.4. The molecule has 3 aliphatic heterocycles. The van der Waals surface area contributed by atoms with E-state index in [1.54, 1.807) is 25.2 Å². The number of carbonyl (C=O) groups is 2. The lowest BCUT2D eigenvalue weighted by Gasteiger charge is -2.31. The van der Waals surface area contributed by atoms with E-state index in [1.807, 2.05) is 4.90 Å². The third-order valence-corrected chi connectivity index (χ3v) is 6.28. The van der Waals surface area contributed by atoms with Gasteiger partial charge < -0.3 is 15.0 Å². The molecule has 1 aromatic rings. The van der Waals surface area contributed by atoms with Gasteiger partial charge in [0.25, 0.3) is 5.91 Å². The molecule has 3 amide bonds. The van der Waals surface area contributed by atoms with E-state index >= 15 is 0 Å². The molecule has 0 saturated carbocycles. The van der Waals surface area contributed by atoms with E-state index in [9.17, 15) is 9.59 Å². The number of ether oxygens (including phenoxy) is 1. The number of carbonyl (C=O) groups excluding carboxylic acids is 2. The lowest BCUT2D eigenvalue weighted by atomic mass is 9.95. The van der Waals surface area contributed by atoms with Crippen LogP contribution in [0.25, 0.3) is 0 Å². The van der Waals surface area contributed by atoms with E-state index in [2.05, 4.69) is 10.2 Å². The minimum absolute atomic E-state index is 0.0511. The van der Waals surface area contributed by atoms with Gasteiger partial charge in [-0.2, -0.15) is 0 Å². The van der Waals surface area contributed by atoms with Crippen LogP contribution >= 0.6 is 23.2 Å². The van der Waals surface area contributed by atoms with Gasteiger partial charge in [0.2, 0.25) is 0 Å². The van der Waals surface area contributed by atoms with E-state index in [4.69, 9.17) is 27.9 Å². The number of hydrogen-bond acceptors (Lipinski definition) is 4. The first-order valence-electron chi connectivity index (χ1n) is 9.77. The van der Waals surface area contributed by atoms with Crippen LogP contribution in [-0.2, 0) is 9.53 Å². The Morgan fingerprint density at radius 1 is 1.17 bits per heavy atom. The Bertz CT molecular complexity index is 854. The summed E-state index contributed by atoms with van der Waals surface area (Å²) in [7, 11) is 1.69. The number of urea groups is 1. The van der Waals surface area contributed by atoms with E-state index in [0.29, 0.717) is 34.3 Å². The third kappa shape index (κ3) is 4.10. The molecule has 1 fully saturated rings. The first-order chi connectivity index (χ1) is 14.0. The van der Waals surface area contributed by atoms with Crippen LogP contribution in [0.5, 0.6) is 0 Å². The summed E-state index contributed by atoms with van der Waals surface area (Å²) in [6.45, 7) is 5.40. The van der Waals surface area contributed by atoms with Gasteiger partial charge in [-0.25, -0.2) is 4.79 Å². The van der Waals surface area contributed by atoms with Crippen molar-refractivity contribution in [3.05, 3.63) is 45.1 Å². The molecule has 1 N–H and O–H groups in total. The van der Waals surface area contributed by atoms with E-state index in [-0.39, 0.29) is 11.9 Å². The van der Waals surface area contributed by atoms with Crippen molar-refractivity contribution in [2.45, 2.75) is 12.5 Å². The number of benzene rings is 1. The van der Waals surface area contributed by atoms with Crippen LogP contribution in [0.15, 0.2) is 29.5 Å². The summed E-state index contributed by atoms with van der Waals surface area (Å²) >= 11 is 12.4. The van der Waals surface area contributed by atoms with Gasteiger partial charge >= 0.3 is 6.03 Å². The molecule has 0 radical (unpaired) electrons. The number of rotatable bonds is 5. The fourth-order valence-electron chi connectivity index (χ4n) is 4.08. The van der Waals surface area contributed by atoms with Gasteiger partial charge in [0.15, 0.2) is 0 Å². The van der Waals surface area contributed by atoms with Crippen molar-refractivity contribution in [3.8, 4) is 0 Å². The maximum absolute atomic E-state index is 13.2. The lowest BCUT2D eigenvalue weighted by molar-refractivity contribution is -0.125. The monoisotopic (exact) mass is 438 g/mol. The molecule has 3 aliphatic rings. The SMILES string of the molecule is CN1C(=O)NC(c2ccc(Cl)cc2Cl)C2=C1CN(CCCN1CCOCC1)C2=O. The second kappa shape index (κ2) is 8.52. The Morgan fingerprint density at radius 2 is 1.93 bits per heavy atom. The van der Waals surface area contributed by atoms with Crippen molar-refractivity contribution in [3.63, 3.8) is 0 Å². The molecule has 9 heteroatoms. The Balaban J connectivity index is 1.50. The highest BCUT2D eigenvalue weighted by molar-refractivity contribution is 6.35. The summed E-state index contributed by atoms with van der Waals surface area (Å²) in [6.07, 6.45) is 0.879. The molecule has 4 rings (SSSR count). The first kappa shape index (κ1) is 20.5. The Labute approximate surface area is 180 Å². The number of nitrogens with one attached hydrogen (secondary N) is 1. The van der Waals surface area contributed by atoms with Crippen LogP contribution in [0, 0.1) is 0 Å². The topological polar surface area (TPSA) is 65.1 Å². The number of amides is 3. The van der Waals surface area contributed by atoms with Gasteiger partial charge in [-0.15, -0.1) is 0 Å². The van der Waals surface area contributed by atoms with E-state index < -0.39 is 6.04 Å². The number of halogens is 2. The van der Waals surface area contributed by atoms with E-state index in [0.717, 1.165) is 45.0 Å². The van der Waals surface area contributed by atoms with Gasteiger partial charge in [-0.3, -0.25) is 14.6 Å². The zero-order valence-electron chi connectivity index (χ0n) is 16.3. The zero-order valence-corrected chi connectivity index (χ0v) is 17.8. The molecule has 1 atom stereocenters. The molecule has 1 saturated heterocycles. The second-order valence-corrected chi connectivity index (χ2v) is 8.35. The van der Waals surface area contributed by atoms with Gasteiger partial charge in [-0.05, 0) is 24.1 Å². The second-order valence-electron chi connectivity index (χ2n) is 7.50. The maximum atomic E-state index is 13.2. The predicted molar refractivity (Wildman–Crippen MR) is 111 cm³/mol. The highest BCUT2D eigenvalue weighted by Crippen LogP contribution is 2.38. The maximum Gasteiger partial charge on any atom is 0.322 e. The van der Waals surface area contributed by atoms with Crippen molar-refractivity contribution in [2.75, 3.05) is 53.0 Å². The molecule has 0 bridgehead atoms. The molecule has 1 unspecified atom stereocenters. The minimum atomic E-state index is -0.574. The van der Waals surface area contributed by atoms with Crippen molar-refractivity contribution < 1.29 is 14.3 Å². The summed E-state index contributed by atoms with van der Waals surface area (Å²) in [6, 6.07) is 4.29. The minimum Gasteiger partial charge on any atom is -0.379 e. The smallest absolute Gasteiger partial charge is 0.322 e. The van der Waals surface area contributed by atoms with Gasteiger partial charge in [-0.1, -0.05) is 29.3 Å². The van der Waals surface area contributed by atoms with Crippen molar-refractivity contribution in [1.82, 2.24) is 20.0 Å². The molecular weight excluding hydrogens is 415 g/mol. The predicted octanol–water partition coefficient (Wildman–Crippen LogP) is 2.51. The normalized spacial score (nSPS) is 22.9. The summed E-state index contributed by atoms with van der Waals surface area (Å²) in [5.74, 6) is -0.0511. The Hall–Kier alpha value is -1.80. The molecule has 0 aromatic heterocycles. The van der Waals surface area contributed by atoms with Crippen LogP contribution in [-0.4, -0.2) is 79.6 Å². The summed E-state index contributed by atoms with van der Waals surface area (Å²) in [5, 5.41) is 3.84. The highest BCUT2D eigenvalue weighted by atomic mass is 35.5. The largest absolute Gasteiger partial charge is 0.379 e. The molecule has 29 heavy (non-hydrogen) atoms. The van der Waals surface area contributed by atoms with Crippen molar-refractivity contribution in [1.29, 1.82) is 0 Å². The molecule has 1 aromatic carbocycles. The molecule has 0 spiro atoms. The Morgan fingerprint density at radius 3 is 2.66 bits per heavy atom. The van der Waals surface area contributed by atoms with Crippen LogP contribution in [0.3, 0.4) is 0 Å². The number of hydrogen-bond donors (Lipinski definition) is 1. The molecule has 156 valence electrons. The average Bonchev–Trinajstić information content (AvgIpc) is 3.03. The summed E-state index contributed by atoms with van der Waals surface area (Å²) < 4.78 is 5.38. The van der Waals surface area contributed by atoms with Crippen LogP contribution in [0.2, 0.25) is 10.0 Å². The van der Waals surface area contributed by atoms with Crippen molar-refractivity contribution >= 4 is 35.1 Å². The van der Waals surface area contributed by atoms with Crippen LogP contribution in [0.1, 0.15) is 18.0 Å². The molecule has 7 nitrogen and oxygen atoms in total. The molecule has 0 aliphatic carbocycles. The number of nitrogens with zero attached hydrogens (tertiary/aromatic N) is 3. The fourth-order valence-corrected chi connectivity index (χ4v) is 4.60. The average molecular weight is 439 g/mol. The summed E-state index contributed by atoms with van der Waals surface area (Å²) in [5.41, 5.74) is 2.00. The van der Waals surface area contributed by atoms with Crippen LogP contribution < -0.4 is 5.32 Å². The van der Waals surface area contributed by atoms with E-state index in [1.165, 1.54) is 4.90 Å². The third-order valence-electron chi connectivity index (χ3n) is 5.71. The van der Waals surface area contributed by atoms with Gasteiger partial charge in [0.05, 0.1) is 37.1 Å². The number of likely N-dealkylation sites (N-methyl/N-ethyl adjacent to an activating group) is 1. The standard InChI is InChI=1S/C20H24Cl2N4O3/c1-24-16-12-26(6-2-5-25-7-9-29-10-8-25)19(27)17(16)18(23-20(24)28)14-4-3-13(21)11-15(14)22/h3-4,11,18H,2,5-10,12H2,1H3,(H,23,28). The molecule has 3 heterocycles. The lowest BCUT2D eigenvalue weighted by Crippen LogP contribution is -2.45. The quantitative estimate of drug-likeness (QED) is 0.766. The van der Waals surface area contributed by atoms with Gasteiger partial charge in [0, 0.05) is 43.3 Å². The fraction of sp³-hybridized carbons (Fsp3) is 0.500. The Kier molecular flexibility index (Phi) is 6.01. The van der Waals surface area contributed by atoms with Gasteiger partial charge in [0.1, 0.15) is 0 Å². The zero-order chi connectivity index (χ0) is 20.5.